The van der Waals surface area contributed by atoms with Gasteiger partial charge in [0.15, 0.2) is 5.82 Å². The molecule has 0 radical (unpaired) electrons. The Morgan fingerprint density at radius 3 is 2.52 bits per heavy atom. The molecule has 7 nitrogen and oxygen atoms in total. The molecule has 0 aromatic carbocycles. The SMILES string of the molecule is CN(C)c1cc(NCC2CN(c3ccc(C(C)(C)C)nn3)C2)ncn1. The van der Waals surface area contributed by atoms with Gasteiger partial charge in [0.25, 0.3) is 0 Å². The molecule has 1 fully saturated rings. The molecule has 1 aliphatic heterocycles. The summed E-state index contributed by atoms with van der Waals surface area (Å²) in [6.07, 6.45) is 1.59. The van der Waals surface area contributed by atoms with E-state index in [0.717, 1.165) is 42.8 Å². The van der Waals surface area contributed by atoms with Crippen molar-refractivity contribution < 1.29 is 0 Å². The smallest absolute Gasteiger partial charge is 0.151 e. The lowest BCUT2D eigenvalue weighted by Gasteiger charge is -2.40. The van der Waals surface area contributed by atoms with E-state index in [1.165, 1.54) is 0 Å². The highest BCUT2D eigenvalue weighted by atomic mass is 15.3. The fraction of sp³-hybridized carbons (Fsp3) is 0.556. The van der Waals surface area contributed by atoms with Crippen LogP contribution in [0.1, 0.15) is 26.5 Å². The van der Waals surface area contributed by atoms with Gasteiger partial charge < -0.3 is 15.1 Å². The monoisotopic (exact) mass is 341 g/mol. The Bertz CT molecular complexity index is 700. The van der Waals surface area contributed by atoms with E-state index < -0.39 is 0 Å². The van der Waals surface area contributed by atoms with Crippen LogP contribution in [0.5, 0.6) is 0 Å². The van der Waals surface area contributed by atoms with Gasteiger partial charge in [-0.15, -0.1) is 5.10 Å². The van der Waals surface area contributed by atoms with Gasteiger partial charge in [0.2, 0.25) is 0 Å². The number of hydrogen-bond acceptors (Lipinski definition) is 7. The van der Waals surface area contributed by atoms with Crippen molar-refractivity contribution in [2.24, 2.45) is 5.92 Å². The van der Waals surface area contributed by atoms with Crippen molar-refractivity contribution >= 4 is 17.5 Å². The van der Waals surface area contributed by atoms with Gasteiger partial charge >= 0.3 is 0 Å². The highest BCUT2D eigenvalue weighted by Crippen LogP contribution is 2.25. The van der Waals surface area contributed by atoms with Gasteiger partial charge in [-0.3, -0.25) is 0 Å². The summed E-state index contributed by atoms with van der Waals surface area (Å²) >= 11 is 0. The number of aromatic nitrogens is 4. The molecular formula is C18H27N7. The number of nitrogens with zero attached hydrogens (tertiary/aromatic N) is 6. The Balaban J connectivity index is 1.49. The molecule has 2 aromatic heterocycles. The number of rotatable bonds is 5. The van der Waals surface area contributed by atoms with Crippen LogP contribution in [-0.2, 0) is 5.41 Å². The molecule has 1 saturated heterocycles. The maximum atomic E-state index is 4.38. The van der Waals surface area contributed by atoms with E-state index in [1.807, 2.05) is 25.1 Å². The molecule has 2 aromatic rings. The summed E-state index contributed by atoms with van der Waals surface area (Å²) in [4.78, 5) is 12.7. The van der Waals surface area contributed by atoms with Crippen molar-refractivity contribution in [2.75, 3.05) is 48.8 Å². The average molecular weight is 341 g/mol. The van der Waals surface area contributed by atoms with Gasteiger partial charge in [-0.1, -0.05) is 20.8 Å². The Labute approximate surface area is 149 Å². The van der Waals surface area contributed by atoms with E-state index >= 15 is 0 Å². The van der Waals surface area contributed by atoms with Gasteiger partial charge in [0, 0.05) is 51.1 Å². The molecule has 0 amide bonds. The van der Waals surface area contributed by atoms with Crippen LogP contribution in [0.25, 0.3) is 0 Å². The van der Waals surface area contributed by atoms with E-state index in [9.17, 15) is 0 Å². The first kappa shape index (κ1) is 17.4. The molecule has 0 bridgehead atoms. The normalized spacial score (nSPS) is 15.0. The minimum absolute atomic E-state index is 0.0376. The Hall–Kier alpha value is -2.44. The minimum Gasteiger partial charge on any atom is -0.369 e. The highest BCUT2D eigenvalue weighted by Gasteiger charge is 2.28. The third-order valence-electron chi connectivity index (χ3n) is 4.38. The maximum absolute atomic E-state index is 4.38. The lowest BCUT2D eigenvalue weighted by atomic mass is 9.92. The highest BCUT2D eigenvalue weighted by molar-refractivity contribution is 5.48. The standard InChI is InChI=1S/C18H27N7/c1-18(2,3)14-6-7-16(23-22-14)25-10-13(11-25)9-19-15-8-17(24(4)5)21-12-20-15/h6-8,12-13H,9-11H2,1-5H3,(H,19,20,21). The van der Waals surface area contributed by atoms with Gasteiger partial charge in [0.05, 0.1) is 5.69 Å². The third kappa shape index (κ3) is 4.15. The van der Waals surface area contributed by atoms with Crippen molar-refractivity contribution in [3.63, 3.8) is 0 Å². The van der Waals surface area contributed by atoms with Crippen LogP contribution in [0, 0.1) is 5.92 Å². The van der Waals surface area contributed by atoms with Crippen molar-refractivity contribution in [1.29, 1.82) is 0 Å². The van der Waals surface area contributed by atoms with Crippen LogP contribution < -0.4 is 15.1 Å². The minimum atomic E-state index is 0.0376. The fourth-order valence-corrected chi connectivity index (χ4v) is 2.72. The molecule has 1 aliphatic rings. The summed E-state index contributed by atoms with van der Waals surface area (Å²) in [5, 5.41) is 12.2. The molecular weight excluding hydrogens is 314 g/mol. The second-order valence-electron chi connectivity index (χ2n) is 7.83. The zero-order valence-corrected chi connectivity index (χ0v) is 15.7. The van der Waals surface area contributed by atoms with Crippen LogP contribution >= 0.6 is 0 Å². The first-order chi connectivity index (χ1) is 11.8. The molecule has 0 spiro atoms. The quantitative estimate of drug-likeness (QED) is 0.894. The lowest BCUT2D eigenvalue weighted by Crippen LogP contribution is -2.50. The molecule has 1 N–H and O–H groups in total. The van der Waals surface area contributed by atoms with E-state index in [2.05, 4.69) is 63.3 Å². The molecule has 0 saturated carbocycles. The Morgan fingerprint density at radius 1 is 1.16 bits per heavy atom. The first-order valence-corrected chi connectivity index (χ1v) is 8.65. The lowest BCUT2D eigenvalue weighted by molar-refractivity contribution is 0.424. The fourth-order valence-electron chi connectivity index (χ4n) is 2.72. The summed E-state index contributed by atoms with van der Waals surface area (Å²) in [5.74, 6) is 3.32. The van der Waals surface area contributed by atoms with Crippen LogP contribution in [0.3, 0.4) is 0 Å². The van der Waals surface area contributed by atoms with Gasteiger partial charge in [-0.25, -0.2) is 9.97 Å². The molecule has 25 heavy (non-hydrogen) atoms. The molecule has 7 heteroatoms. The van der Waals surface area contributed by atoms with Crippen molar-refractivity contribution in [1.82, 2.24) is 20.2 Å². The zero-order valence-electron chi connectivity index (χ0n) is 15.7. The van der Waals surface area contributed by atoms with Gasteiger partial charge in [-0.05, 0) is 12.1 Å². The van der Waals surface area contributed by atoms with Crippen LogP contribution in [-0.4, -0.2) is 53.9 Å². The van der Waals surface area contributed by atoms with Crippen LogP contribution in [0.2, 0.25) is 0 Å². The summed E-state index contributed by atoms with van der Waals surface area (Å²) in [5.41, 5.74) is 1.06. The third-order valence-corrected chi connectivity index (χ3v) is 4.38. The van der Waals surface area contributed by atoms with Crippen LogP contribution in [0.15, 0.2) is 24.5 Å². The van der Waals surface area contributed by atoms with Crippen molar-refractivity contribution in [3.8, 4) is 0 Å². The predicted octanol–water partition coefficient (Wildman–Crippen LogP) is 2.18. The number of hydrogen-bond donors (Lipinski definition) is 1. The first-order valence-electron chi connectivity index (χ1n) is 8.65. The predicted molar refractivity (Wildman–Crippen MR) is 101 cm³/mol. The zero-order chi connectivity index (χ0) is 18.0. The molecule has 0 unspecified atom stereocenters. The van der Waals surface area contributed by atoms with Gasteiger partial charge in [-0.2, -0.15) is 5.10 Å². The van der Waals surface area contributed by atoms with E-state index in [1.54, 1.807) is 6.33 Å². The van der Waals surface area contributed by atoms with Gasteiger partial charge in [0.1, 0.15) is 18.0 Å². The Morgan fingerprint density at radius 2 is 1.92 bits per heavy atom. The summed E-state index contributed by atoms with van der Waals surface area (Å²) in [7, 11) is 3.95. The topological polar surface area (TPSA) is 70.1 Å². The second-order valence-corrected chi connectivity index (χ2v) is 7.83. The largest absolute Gasteiger partial charge is 0.369 e. The number of nitrogens with one attached hydrogen (secondary N) is 1. The Kier molecular flexibility index (Phi) is 4.74. The van der Waals surface area contributed by atoms with E-state index in [-0.39, 0.29) is 5.41 Å². The number of anilines is 3. The average Bonchev–Trinajstić information content (AvgIpc) is 2.53. The van der Waals surface area contributed by atoms with Crippen molar-refractivity contribution in [2.45, 2.75) is 26.2 Å². The van der Waals surface area contributed by atoms with Crippen molar-refractivity contribution in [3.05, 3.63) is 30.2 Å². The molecule has 0 atom stereocenters. The molecule has 134 valence electrons. The van der Waals surface area contributed by atoms with Crippen LogP contribution in [0.4, 0.5) is 17.5 Å². The summed E-state index contributed by atoms with van der Waals surface area (Å²) in [6.45, 7) is 9.32. The van der Waals surface area contributed by atoms with E-state index in [4.69, 9.17) is 0 Å². The molecule has 0 aliphatic carbocycles. The molecule has 3 rings (SSSR count). The summed E-state index contributed by atoms with van der Waals surface area (Å²) < 4.78 is 0. The molecule has 3 heterocycles. The second kappa shape index (κ2) is 6.82. The maximum Gasteiger partial charge on any atom is 0.151 e. The summed E-state index contributed by atoms with van der Waals surface area (Å²) in [6, 6.07) is 6.12. The van der Waals surface area contributed by atoms with E-state index in [0.29, 0.717) is 5.92 Å².